The second-order valence-corrected chi connectivity index (χ2v) is 8.02. The summed E-state index contributed by atoms with van der Waals surface area (Å²) in [6.07, 6.45) is 6.06. The molecule has 0 bridgehead atoms. The van der Waals surface area contributed by atoms with E-state index in [1.165, 1.54) is 29.7 Å². The van der Waals surface area contributed by atoms with Gasteiger partial charge in [0.2, 0.25) is 0 Å². The number of thiophene rings is 1. The molecule has 0 saturated carbocycles. The number of aromatic hydroxyl groups is 1. The highest BCUT2D eigenvalue weighted by Gasteiger charge is 2.25. The Hall–Kier alpha value is -2.01. The minimum atomic E-state index is 0.176. The number of nitrogens with zero attached hydrogens (tertiary/aromatic N) is 2. The zero-order chi connectivity index (χ0) is 17.2. The molecule has 2 aliphatic rings. The third-order valence-electron chi connectivity index (χ3n) is 5.25. The lowest BCUT2D eigenvalue weighted by Gasteiger charge is -2.36. The molecule has 1 saturated heterocycles. The lowest BCUT2D eigenvalue weighted by Crippen LogP contribution is -2.48. The van der Waals surface area contributed by atoms with Gasteiger partial charge in [0.15, 0.2) is 0 Å². The molecule has 0 unspecified atom stereocenters. The summed E-state index contributed by atoms with van der Waals surface area (Å²) >= 11 is 1.71. The first-order valence-electron chi connectivity index (χ1n) is 9.16. The minimum Gasteiger partial charge on any atom is -0.506 e. The first-order valence-corrected chi connectivity index (χ1v) is 9.98. The smallest absolute Gasteiger partial charge is 0.264 e. The van der Waals surface area contributed by atoms with Gasteiger partial charge in [-0.3, -0.25) is 4.79 Å². The zero-order valence-electron chi connectivity index (χ0n) is 14.4. The van der Waals surface area contributed by atoms with E-state index in [-0.39, 0.29) is 5.91 Å². The summed E-state index contributed by atoms with van der Waals surface area (Å²) in [6.45, 7) is 2.92. The normalized spacial score (nSPS) is 17.9. The Bertz CT molecular complexity index is 739. The molecule has 1 aromatic carbocycles. The van der Waals surface area contributed by atoms with Crippen LogP contribution < -0.4 is 4.90 Å². The molecule has 0 spiro atoms. The Kier molecular flexibility index (Phi) is 4.66. The van der Waals surface area contributed by atoms with Crippen molar-refractivity contribution in [1.29, 1.82) is 0 Å². The van der Waals surface area contributed by atoms with Crippen LogP contribution in [-0.4, -0.2) is 42.1 Å². The number of hydrogen-bond donors (Lipinski definition) is 1. The van der Waals surface area contributed by atoms with E-state index in [0.717, 1.165) is 36.5 Å². The van der Waals surface area contributed by atoms with E-state index in [9.17, 15) is 9.90 Å². The molecule has 25 heavy (non-hydrogen) atoms. The van der Waals surface area contributed by atoms with Crippen LogP contribution in [0.2, 0.25) is 0 Å². The van der Waals surface area contributed by atoms with Gasteiger partial charge >= 0.3 is 0 Å². The van der Waals surface area contributed by atoms with Crippen LogP contribution in [0.1, 0.15) is 39.4 Å². The lowest BCUT2D eigenvalue weighted by molar-refractivity contribution is 0.0751. The van der Waals surface area contributed by atoms with E-state index in [1.807, 2.05) is 23.1 Å². The molecule has 1 N–H and O–H groups in total. The van der Waals surface area contributed by atoms with Crippen LogP contribution in [0.4, 0.5) is 5.69 Å². The van der Waals surface area contributed by atoms with Crippen molar-refractivity contribution in [2.45, 2.75) is 32.1 Å². The second kappa shape index (κ2) is 7.08. The number of hydrogen-bond acceptors (Lipinski definition) is 4. The van der Waals surface area contributed by atoms with E-state index >= 15 is 0 Å². The highest BCUT2D eigenvalue weighted by molar-refractivity contribution is 7.14. The van der Waals surface area contributed by atoms with Gasteiger partial charge in [0.25, 0.3) is 5.91 Å². The molecule has 2 heterocycles. The predicted octanol–water partition coefficient (Wildman–Crippen LogP) is 3.69. The van der Waals surface area contributed by atoms with Gasteiger partial charge in [0.05, 0.1) is 10.6 Å². The molecule has 1 aromatic heterocycles. The number of carbonyl (C=O) groups is 1. The number of para-hydroxylation sites is 2. The fourth-order valence-electron chi connectivity index (χ4n) is 3.81. The zero-order valence-corrected chi connectivity index (χ0v) is 15.2. The van der Waals surface area contributed by atoms with Crippen molar-refractivity contribution < 1.29 is 9.90 Å². The van der Waals surface area contributed by atoms with Crippen LogP contribution in [0.3, 0.4) is 0 Å². The van der Waals surface area contributed by atoms with Crippen molar-refractivity contribution in [2.24, 2.45) is 0 Å². The maximum absolute atomic E-state index is 12.9. The molecular weight excluding hydrogens is 332 g/mol. The van der Waals surface area contributed by atoms with Gasteiger partial charge in [-0.15, -0.1) is 11.3 Å². The van der Waals surface area contributed by atoms with E-state index < -0.39 is 0 Å². The minimum absolute atomic E-state index is 0.176. The summed E-state index contributed by atoms with van der Waals surface area (Å²) in [5.74, 6) is 0.485. The first-order chi connectivity index (χ1) is 12.2. The summed E-state index contributed by atoms with van der Waals surface area (Å²) in [7, 11) is 0. The Labute approximate surface area is 152 Å². The van der Waals surface area contributed by atoms with Crippen LogP contribution in [0.5, 0.6) is 5.75 Å². The summed E-state index contributed by atoms with van der Waals surface area (Å²) in [5, 5.41) is 10.0. The SMILES string of the molecule is O=C(c1cc2c(s1)CCCCC2)N1CCN(c2ccccc2O)CC1. The number of amides is 1. The molecule has 1 aliphatic heterocycles. The van der Waals surface area contributed by atoms with Gasteiger partial charge in [-0.05, 0) is 49.4 Å². The molecule has 5 heteroatoms. The average molecular weight is 356 g/mol. The molecule has 132 valence electrons. The van der Waals surface area contributed by atoms with Crippen molar-refractivity contribution in [2.75, 3.05) is 31.1 Å². The van der Waals surface area contributed by atoms with Gasteiger partial charge in [-0.2, -0.15) is 0 Å². The summed E-state index contributed by atoms with van der Waals surface area (Å²) in [4.78, 5) is 19.3. The Morgan fingerprint density at radius 1 is 1.00 bits per heavy atom. The molecule has 0 atom stereocenters. The van der Waals surface area contributed by atoms with Crippen molar-refractivity contribution in [1.82, 2.24) is 4.90 Å². The maximum Gasteiger partial charge on any atom is 0.264 e. The number of carbonyl (C=O) groups excluding carboxylic acids is 1. The van der Waals surface area contributed by atoms with Crippen LogP contribution in [0.25, 0.3) is 0 Å². The van der Waals surface area contributed by atoms with Gasteiger partial charge in [0.1, 0.15) is 5.75 Å². The first kappa shape index (κ1) is 16.5. The van der Waals surface area contributed by atoms with Crippen molar-refractivity contribution in [3.8, 4) is 5.75 Å². The standard InChI is InChI=1S/C20H24N2O2S/c23-17-8-5-4-7-16(17)21-10-12-22(13-11-21)20(24)19-14-15-6-2-1-3-9-18(15)25-19/h4-5,7-8,14,23H,1-3,6,9-13H2. The number of piperazine rings is 1. The molecule has 4 rings (SSSR count). The number of phenols is 1. The number of fused-ring (bicyclic) bond motifs is 1. The average Bonchev–Trinajstić information content (AvgIpc) is 2.92. The van der Waals surface area contributed by atoms with Gasteiger partial charge < -0.3 is 14.9 Å². The molecule has 1 fully saturated rings. The molecular formula is C20H24N2O2S. The number of rotatable bonds is 2. The van der Waals surface area contributed by atoms with Gasteiger partial charge in [-0.25, -0.2) is 0 Å². The predicted molar refractivity (Wildman–Crippen MR) is 102 cm³/mol. The highest BCUT2D eigenvalue weighted by Crippen LogP contribution is 2.31. The lowest BCUT2D eigenvalue weighted by atomic mass is 10.1. The van der Waals surface area contributed by atoms with E-state index in [0.29, 0.717) is 18.8 Å². The van der Waals surface area contributed by atoms with E-state index in [1.54, 1.807) is 17.4 Å². The molecule has 0 radical (unpaired) electrons. The van der Waals surface area contributed by atoms with Crippen molar-refractivity contribution in [3.63, 3.8) is 0 Å². The van der Waals surface area contributed by atoms with Crippen molar-refractivity contribution in [3.05, 3.63) is 45.6 Å². The van der Waals surface area contributed by atoms with Crippen LogP contribution >= 0.6 is 11.3 Å². The molecule has 4 nitrogen and oxygen atoms in total. The topological polar surface area (TPSA) is 43.8 Å². The number of anilines is 1. The number of aryl methyl sites for hydroxylation is 2. The van der Waals surface area contributed by atoms with E-state index in [2.05, 4.69) is 11.0 Å². The van der Waals surface area contributed by atoms with Gasteiger partial charge in [0, 0.05) is 31.1 Å². The summed E-state index contributed by atoms with van der Waals surface area (Å²) in [5.41, 5.74) is 2.26. The van der Waals surface area contributed by atoms with Crippen LogP contribution in [0, 0.1) is 0 Å². The van der Waals surface area contributed by atoms with Gasteiger partial charge in [-0.1, -0.05) is 18.6 Å². The largest absolute Gasteiger partial charge is 0.506 e. The summed E-state index contributed by atoms with van der Waals surface area (Å²) < 4.78 is 0. The fraction of sp³-hybridized carbons (Fsp3) is 0.450. The molecule has 1 aliphatic carbocycles. The third kappa shape index (κ3) is 3.38. The Morgan fingerprint density at radius 2 is 1.76 bits per heavy atom. The molecule has 1 amide bonds. The maximum atomic E-state index is 12.9. The second-order valence-electron chi connectivity index (χ2n) is 6.89. The van der Waals surface area contributed by atoms with E-state index in [4.69, 9.17) is 0 Å². The van der Waals surface area contributed by atoms with Crippen LogP contribution in [0.15, 0.2) is 30.3 Å². The fourth-order valence-corrected chi connectivity index (χ4v) is 5.03. The monoisotopic (exact) mass is 356 g/mol. The Balaban J connectivity index is 1.42. The quantitative estimate of drug-likeness (QED) is 0.835. The molecule has 2 aromatic rings. The van der Waals surface area contributed by atoms with Crippen LogP contribution in [-0.2, 0) is 12.8 Å². The third-order valence-corrected chi connectivity index (χ3v) is 6.47. The summed E-state index contributed by atoms with van der Waals surface area (Å²) in [6, 6.07) is 9.56. The number of benzene rings is 1. The Morgan fingerprint density at radius 3 is 2.56 bits per heavy atom. The highest BCUT2D eigenvalue weighted by atomic mass is 32.1. The van der Waals surface area contributed by atoms with Crippen molar-refractivity contribution >= 4 is 22.9 Å². The number of phenolic OH excluding ortho intramolecular Hbond substituents is 1.